The van der Waals surface area contributed by atoms with Crippen LogP contribution in [0.1, 0.15) is 31.1 Å². The second-order valence-corrected chi connectivity index (χ2v) is 4.80. The quantitative estimate of drug-likeness (QED) is 0.910. The number of aromatic nitrogens is 1. The molecule has 4 heteroatoms. The Hall–Kier alpha value is -2.07. The molecule has 0 spiro atoms. The molecule has 0 fully saturated rings. The van der Waals surface area contributed by atoms with E-state index in [1.807, 2.05) is 38.1 Å². The highest BCUT2D eigenvalue weighted by Crippen LogP contribution is 2.26. The summed E-state index contributed by atoms with van der Waals surface area (Å²) >= 11 is 0. The van der Waals surface area contributed by atoms with Crippen molar-refractivity contribution in [3.05, 3.63) is 53.9 Å². The molecule has 4 nitrogen and oxygen atoms in total. The Morgan fingerprint density at radius 1 is 1.05 bits per heavy atom. The van der Waals surface area contributed by atoms with E-state index in [0.717, 1.165) is 11.3 Å². The van der Waals surface area contributed by atoms with Gasteiger partial charge in [0.05, 0.1) is 19.4 Å². The molecular weight excluding hydrogens is 254 g/mol. The van der Waals surface area contributed by atoms with Gasteiger partial charge in [-0.15, -0.1) is 0 Å². The van der Waals surface area contributed by atoms with Crippen LogP contribution in [0.25, 0.3) is 0 Å². The summed E-state index contributed by atoms with van der Waals surface area (Å²) in [5, 5.41) is 10.4. The predicted molar refractivity (Wildman–Crippen MR) is 77.1 cm³/mol. The Morgan fingerprint density at radius 2 is 1.80 bits per heavy atom. The number of ether oxygens (including phenoxy) is 2. The maximum atomic E-state index is 10.4. The van der Waals surface area contributed by atoms with E-state index in [-0.39, 0.29) is 6.10 Å². The zero-order chi connectivity index (χ0) is 14.5. The van der Waals surface area contributed by atoms with Gasteiger partial charge >= 0.3 is 0 Å². The molecule has 0 bridgehead atoms. The van der Waals surface area contributed by atoms with Gasteiger partial charge in [-0.2, -0.15) is 0 Å². The second kappa shape index (κ2) is 6.39. The van der Waals surface area contributed by atoms with E-state index in [2.05, 4.69) is 4.98 Å². The van der Waals surface area contributed by atoms with Crippen LogP contribution in [0.3, 0.4) is 0 Å². The molecule has 0 aliphatic rings. The van der Waals surface area contributed by atoms with Crippen LogP contribution in [0.2, 0.25) is 0 Å². The van der Waals surface area contributed by atoms with Crippen molar-refractivity contribution in [2.75, 3.05) is 7.11 Å². The average Bonchev–Trinajstić information content (AvgIpc) is 2.46. The molecule has 0 saturated heterocycles. The Labute approximate surface area is 119 Å². The molecule has 2 rings (SSSR count). The maximum absolute atomic E-state index is 10.4. The molecule has 2 aromatic rings. The first-order chi connectivity index (χ1) is 9.60. The predicted octanol–water partition coefficient (Wildman–Crippen LogP) is 2.96. The SMILES string of the molecule is COc1cncc(C(O)c2cccc(OC(C)C)c2)c1. The van der Waals surface area contributed by atoms with Crippen molar-refractivity contribution in [3.8, 4) is 11.5 Å². The molecule has 1 atom stereocenters. The first kappa shape index (κ1) is 14.3. The summed E-state index contributed by atoms with van der Waals surface area (Å²) in [5.41, 5.74) is 1.45. The molecule has 0 amide bonds. The largest absolute Gasteiger partial charge is 0.495 e. The molecule has 0 aliphatic heterocycles. The van der Waals surface area contributed by atoms with Crippen molar-refractivity contribution >= 4 is 0 Å². The van der Waals surface area contributed by atoms with Gasteiger partial charge in [0.15, 0.2) is 0 Å². The van der Waals surface area contributed by atoms with E-state index in [1.54, 1.807) is 25.6 Å². The third kappa shape index (κ3) is 3.48. The molecular formula is C16H19NO3. The maximum Gasteiger partial charge on any atom is 0.137 e. The highest BCUT2D eigenvalue weighted by molar-refractivity contribution is 5.36. The minimum atomic E-state index is -0.756. The summed E-state index contributed by atoms with van der Waals surface area (Å²) in [4.78, 5) is 4.06. The van der Waals surface area contributed by atoms with Crippen LogP contribution in [-0.2, 0) is 0 Å². The van der Waals surface area contributed by atoms with Crippen LogP contribution >= 0.6 is 0 Å². The van der Waals surface area contributed by atoms with Crippen molar-refractivity contribution < 1.29 is 14.6 Å². The Kier molecular flexibility index (Phi) is 4.58. The number of pyridine rings is 1. The van der Waals surface area contributed by atoms with Crippen molar-refractivity contribution in [2.45, 2.75) is 26.1 Å². The summed E-state index contributed by atoms with van der Waals surface area (Å²) in [6, 6.07) is 9.21. The van der Waals surface area contributed by atoms with Gasteiger partial charge < -0.3 is 14.6 Å². The van der Waals surface area contributed by atoms with E-state index in [4.69, 9.17) is 9.47 Å². The topological polar surface area (TPSA) is 51.6 Å². The second-order valence-electron chi connectivity index (χ2n) is 4.80. The van der Waals surface area contributed by atoms with Crippen molar-refractivity contribution in [1.29, 1.82) is 0 Å². The van der Waals surface area contributed by atoms with E-state index >= 15 is 0 Å². The fourth-order valence-corrected chi connectivity index (χ4v) is 1.92. The van der Waals surface area contributed by atoms with E-state index < -0.39 is 6.10 Å². The molecule has 1 aromatic heterocycles. The molecule has 20 heavy (non-hydrogen) atoms. The summed E-state index contributed by atoms with van der Waals surface area (Å²) in [6.07, 6.45) is 2.58. The molecule has 1 heterocycles. The highest BCUT2D eigenvalue weighted by atomic mass is 16.5. The van der Waals surface area contributed by atoms with E-state index in [9.17, 15) is 5.11 Å². The van der Waals surface area contributed by atoms with Crippen LogP contribution in [0.5, 0.6) is 11.5 Å². The first-order valence-corrected chi connectivity index (χ1v) is 6.53. The van der Waals surface area contributed by atoms with Gasteiger partial charge in [-0.05, 0) is 37.6 Å². The lowest BCUT2D eigenvalue weighted by Gasteiger charge is -2.15. The van der Waals surface area contributed by atoms with Gasteiger partial charge in [0.2, 0.25) is 0 Å². The van der Waals surface area contributed by atoms with E-state index in [1.165, 1.54) is 0 Å². The van der Waals surface area contributed by atoms with Crippen molar-refractivity contribution in [1.82, 2.24) is 4.98 Å². The third-order valence-electron chi connectivity index (χ3n) is 2.83. The number of hydrogen-bond acceptors (Lipinski definition) is 4. The molecule has 0 saturated carbocycles. The lowest BCUT2D eigenvalue weighted by atomic mass is 10.0. The minimum absolute atomic E-state index is 0.0980. The van der Waals surface area contributed by atoms with Crippen LogP contribution in [0, 0.1) is 0 Å². The molecule has 1 aromatic carbocycles. The van der Waals surface area contributed by atoms with Gasteiger partial charge in [-0.1, -0.05) is 12.1 Å². The van der Waals surface area contributed by atoms with Crippen LogP contribution in [0.15, 0.2) is 42.7 Å². The normalized spacial score (nSPS) is 12.2. The Morgan fingerprint density at radius 3 is 2.50 bits per heavy atom. The van der Waals surface area contributed by atoms with Gasteiger partial charge in [-0.25, -0.2) is 0 Å². The van der Waals surface area contributed by atoms with Crippen molar-refractivity contribution in [2.24, 2.45) is 0 Å². The van der Waals surface area contributed by atoms with Gasteiger partial charge in [0.25, 0.3) is 0 Å². The zero-order valence-electron chi connectivity index (χ0n) is 11.9. The lowest BCUT2D eigenvalue weighted by Crippen LogP contribution is -2.06. The molecule has 106 valence electrons. The summed E-state index contributed by atoms with van der Waals surface area (Å²) < 4.78 is 10.8. The van der Waals surface area contributed by atoms with E-state index in [0.29, 0.717) is 11.3 Å². The summed E-state index contributed by atoms with van der Waals surface area (Å²) in [5.74, 6) is 1.36. The smallest absolute Gasteiger partial charge is 0.137 e. The van der Waals surface area contributed by atoms with Gasteiger partial charge in [-0.3, -0.25) is 4.98 Å². The number of methoxy groups -OCH3 is 1. The number of aliphatic hydroxyl groups excluding tert-OH is 1. The molecule has 0 aliphatic carbocycles. The zero-order valence-corrected chi connectivity index (χ0v) is 11.9. The van der Waals surface area contributed by atoms with Crippen molar-refractivity contribution in [3.63, 3.8) is 0 Å². The summed E-state index contributed by atoms with van der Waals surface area (Å²) in [6.45, 7) is 3.93. The number of benzene rings is 1. The van der Waals surface area contributed by atoms with Crippen LogP contribution in [-0.4, -0.2) is 23.3 Å². The fraction of sp³-hybridized carbons (Fsp3) is 0.312. The lowest BCUT2D eigenvalue weighted by molar-refractivity contribution is 0.215. The Bertz CT molecular complexity index is 569. The van der Waals surface area contributed by atoms with Crippen LogP contribution < -0.4 is 9.47 Å². The van der Waals surface area contributed by atoms with Gasteiger partial charge in [0.1, 0.15) is 17.6 Å². The van der Waals surface area contributed by atoms with Gasteiger partial charge in [0, 0.05) is 11.8 Å². The highest BCUT2D eigenvalue weighted by Gasteiger charge is 2.13. The standard InChI is InChI=1S/C16H19NO3/c1-11(2)20-14-6-4-5-12(7-14)16(18)13-8-15(19-3)10-17-9-13/h4-11,16,18H,1-3H3. The van der Waals surface area contributed by atoms with Crippen LogP contribution in [0.4, 0.5) is 0 Å². The molecule has 0 radical (unpaired) electrons. The number of aliphatic hydroxyl groups is 1. The first-order valence-electron chi connectivity index (χ1n) is 6.53. The number of hydrogen-bond donors (Lipinski definition) is 1. The monoisotopic (exact) mass is 273 g/mol. The minimum Gasteiger partial charge on any atom is -0.495 e. The third-order valence-corrected chi connectivity index (χ3v) is 2.83. The fourth-order valence-electron chi connectivity index (χ4n) is 1.92. The summed E-state index contributed by atoms with van der Waals surface area (Å²) in [7, 11) is 1.57. The average molecular weight is 273 g/mol. The number of rotatable bonds is 5. The Balaban J connectivity index is 2.25. The number of nitrogens with zero attached hydrogens (tertiary/aromatic N) is 1. The molecule has 1 N–H and O–H groups in total. The molecule has 1 unspecified atom stereocenters.